The minimum Gasteiger partial charge on any atom is -0.363 e. The van der Waals surface area contributed by atoms with E-state index in [0.717, 1.165) is 25.2 Å². The summed E-state index contributed by atoms with van der Waals surface area (Å²) in [5, 5.41) is 10.5. The molecule has 6 heteroatoms. The van der Waals surface area contributed by atoms with Crippen molar-refractivity contribution in [3.8, 4) is 0 Å². The van der Waals surface area contributed by atoms with Gasteiger partial charge in [0, 0.05) is 26.1 Å². The number of aromatic nitrogens is 1. The Morgan fingerprint density at radius 1 is 1.39 bits per heavy atom. The van der Waals surface area contributed by atoms with E-state index in [1.807, 2.05) is 7.05 Å². The summed E-state index contributed by atoms with van der Waals surface area (Å²) in [6.45, 7) is 1.01. The van der Waals surface area contributed by atoms with Gasteiger partial charge in [-0.05, 0) is 18.9 Å². The molecule has 1 saturated heterocycles. The number of nitro groups is 1. The van der Waals surface area contributed by atoms with Crippen molar-refractivity contribution in [1.82, 2.24) is 9.88 Å². The van der Waals surface area contributed by atoms with Crippen LogP contribution in [0.4, 0.5) is 11.5 Å². The molecule has 1 aromatic rings. The van der Waals surface area contributed by atoms with Crippen molar-refractivity contribution in [2.75, 3.05) is 13.6 Å². The predicted octanol–water partition coefficient (Wildman–Crippen LogP) is 2.53. The van der Waals surface area contributed by atoms with Gasteiger partial charge in [-0.3, -0.25) is 10.1 Å². The van der Waals surface area contributed by atoms with Crippen LogP contribution in [0.3, 0.4) is 0 Å². The molecule has 2 rings (SSSR count). The van der Waals surface area contributed by atoms with Crippen molar-refractivity contribution < 1.29 is 4.92 Å². The van der Waals surface area contributed by atoms with E-state index in [0.29, 0.717) is 5.82 Å². The van der Waals surface area contributed by atoms with Crippen molar-refractivity contribution in [2.24, 2.45) is 4.99 Å². The van der Waals surface area contributed by atoms with Crippen LogP contribution in [0.1, 0.15) is 25.7 Å². The highest BCUT2D eigenvalue weighted by Crippen LogP contribution is 2.17. The Morgan fingerprint density at radius 3 is 2.89 bits per heavy atom. The van der Waals surface area contributed by atoms with Gasteiger partial charge in [-0.2, -0.15) is 0 Å². The van der Waals surface area contributed by atoms with Crippen molar-refractivity contribution in [3.05, 3.63) is 28.4 Å². The smallest absolute Gasteiger partial charge is 0.287 e. The fourth-order valence-corrected chi connectivity index (χ4v) is 1.95. The normalized spacial score (nSPS) is 18.7. The topological polar surface area (TPSA) is 71.6 Å². The maximum Gasteiger partial charge on any atom is 0.287 e. The first-order valence-electron chi connectivity index (χ1n) is 6.06. The van der Waals surface area contributed by atoms with Gasteiger partial charge in [-0.15, -0.1) is 0 Å². The molecule has 0 spiro atoms. The standard InChI is InChI=1S/C12H16N4O2/c1-15-8-4-2-3-5-12(15)14-11-7-6-10(9-13-11)16(17)18/h6-7,9H,2-5,8H2,1H3. The number of hydrogen-bond donors (Lipinski definition) is 0. The first-order chi connectivity index (χ1) is 8.66. The molecule has 0 atom stereocenters. The van der Waals surface area contributed by atoms with Crippen LogP contribution in [0.25, 0.3) is 0 Å². The van der Waals surface area contributed by atoms with Gasteiger partial charge in [-0.1, -0.05) is 6.42 Å². The zero-order chi connectivity index (χ0) is 13.0. The number of nitrogens with zero attached hydrogens (tertiary/aromatic N) is 4. The Labute approximate surface area is 106 Å². The molecule has 0 N–H and O–H groups in total. The molecule has 1 aromatic heterocycles. The number of aliphatic imine (C=N–C) groups is 1. The molecule has 2 heterocycles. The number of likely N-dealkylation sites (tertiary alicyclic amines) is 1. The van der Waals surface area contributed by atoms with Crippen LogP contribution in [0.15, 0.2) is 23.3 Å². The zero-order valence-corrected chi connectivity index (χ0v) is 10.4. The highest BCUT2D eigenvalue weighted by Gasteiger charge is 2.11. The summed E-state index contributed by atoms with van der Waals surface area (Å²) in [6.07, 6.45) is 5.72. The van der Waals surface area contributed by atoms with Gasteiger partial charge in [0.15, 0.2) is 5.82 Å². The molecular weight excluding hydrogens is 232 g/mol. The Bertz CT molecular complexity index is 456. The van der Waals surface area contributed by atoms with Crippen molar-refractivity contribution in [2.45, 2.75) is 25.7 Å². The molecule has 0 unspecified atom stereocenters. The molecule has 96 valence electrons. The summed E-state index contributed by atoms with van der Waals surface area (Å²) in [5.74, 6) is 1.54. The Balaban J connectivity index is 2.17. The maximum absolute atomic E-state index is 10.5. The van der Waals surface area contributed by atoms with Crippen LogP contribution in [-0.2, 0) is 0 Å². The fourth-order valence-electron chi connectivity index (χ4n) is 1.95. The summed E-state index contributed by atoms with van der Waals surface area (Å²) >= 11 is 0. The molecule has 18 heavy (non-hydrogen) atoms. The van der Waals surface area contributed by atoms with E-state index < -0.39 is 4.92 Å². The fraction of sp³-hybridized carbons (Fsp3) is 0.500. The lowest BCUT2D eigenvalue weighted by molar-refractivity contribution is -0.385. The SMILES string of the molecule is CN1CCCCCC1=Nc1ccc([N+](=O)[O-])cn1. The lowest BCUT2D eigenvalue weighted by atomic mass is 10.2. The van der Waals surface area contributed by atoms with E-state index in [1.165, 1.54) is 25.1 Å². The second-order valence-corrected chi connectivity index (χ2v) is 4.39. The first-order valence-corrected chi connectivity index (χ1v) is 6.06. The highest BCUT2D eigenvalue weighted by atomic mass is 16.6. The number of pyridine rings is 1. The Morgan fingerprint density at radius 2 is 2.22 bits per heavy atom. The largest absolute Gasteiger partial charge is 0.363 e. The van der Waals surface area contributed by atoms with Gasteiger partial charge in [-0.25, -0.2) is 9.98 Å². The number of amidine groups is 1. The predicted molar refractivity (Wildman–Crippen MR) is 69.1 cm³/mol. The molecule has 0 radical (unpaired) electrons. The van der Waals surface area contributed by atoms with E-state index in [2.05, 4.69) is 14.9 Å². The monoisotopic (exact) mass is 248 g/mol. The van der Waals surface area contributed by atoms with Crippen LogP contribution < -0.4 is 0 Å². The van der Waals surface area contributed by atoms with E-state index in [1.54, 1.807) is 6.07 Å². The van der Waals surface area contributed by atoms with Gasteiger partial charge in [0.05, 0.1) is 4.92 Å². The van der Waals surface area contributed by atoms with Crippen molar-refractivity contribution >= 4 is 17.3 Å². The summed E-state index contributed by atoms with van der Waals surface area (Å²) < 4.78 is 0. The van der Waals surface area contributed by atoms with Crippen LogP contribution >= 0.6 is 0 Å². The quantitative estimate of drug-likeness (QED) is 0.595. The molecule has 0 aromatic carbocycles. The van der Waals surface area contributed by atoms with Gasteiger partial charge in [0.2, 0.25) is 0 Å². The van der Waals surface area contributed by atoms with Crippen molar-refractivity contribution in [3.63, 3.8) is 0 Å². The lowest BCUT2D eigenvalue weighted by Crippen LogP contribution is -2.25. The van der Waals surface area contributed by atoms with E-state index >= 15 is 0 Å². The minimum atomic E-state index is -0.457. The van der Waals surface area contributed by atoms with Crippen LogP contribution in [0.2, 0.25) is 0 Å². The van der Waals surface area contributed by atoms with Gasteiger partial charge < -0.3 is 4.90 Å². The van der Waals surface area contributed by atoms with Gasteiger partial charge >= 0.3 is 0 Å². The number of hydrogen-bond acceptors (Lipinski definition) is 4. The summed E-state index contributed by atoms with van der Waals surface area (Å²) in [5.41, 5.74) is -0.00632. The van der Waals surface area contributed by atoms with Crippen LogP contribution in [-0.4, -0.2) is 34.2 Å². The van der Waals surface area contributed by atoms with E-state index in [-0.39, 0.29) is 5.69 Å². The molecule has 0 bridgehead atoms. The second kappa shape index (κ2) is 5.57. The summed E-state index contributed by atoms with van der Waals surface area (Å²) in [4.78, 5) is 20.7. The molecule has 0 aliphatic carbocycles. The van der Waals surface area contributed by atoms with Gasteiger partial charge in [0.25, 0.3) is 5.69 Å². The minimum absolute atomic E-state index is 0.00632. The van der Waals surface area contributed by atoms with E-state index in [4.69, 9.17) is 0 Å². The molecular formula is C12H16N4O2. The van der Waals surface area contributed by atoms with Crippen LogP contribution in [0, 0.1) is 10.1 Å². The first kappa shape index (κ1) is 12.5. The molecule has 1 fully saturated rings. The Hall–Kier alpha value is -1.98. The molecule has 1 aliphatic heterocycles. The highest BCUT2D eigenvalue weighted by molar-refractivity contribution is 5.84. The third-order valence-corrected chi connectivity index (χ3v) is 3.02. The summed E-state index contributed by atoms with van der Waals surface area (Å²) in [6, 6.07) is 3.02. The average molecular weight is 248 g/mol. The average Bonchev–Trinajstić information content (AvgIpc) is 2.56. The summed E-state index contributed by atoms with van der Waals surface area (Å²) in [7, 11) is 2.02. The van der Waals surface area contributed by atoms with E-state index in [9.17, 15) is 10.1 Å². The lowest BCUT2D eigenvalue weighted by Gasteiger charge is -2.17. The molecule has 6 nitrogen and oxygen atoms in total. The number of rotatable bonds is 2. The second-order valence-electron chi connectivity index (χ2n) is 4.39. The Kier molecular flexibility index (Phi) is 3.86. The van der Waals surface area contributed by atoms with Crippen molar-refractivity contribution in [1.29, 1.82) is 0 Å². The maximum atomic E-state index is 10.5. The third-order valence-electron chi connectivity index (χ3n) is 3.02. The molecule has 0 amide bonds. The van der Waals surface area contributed by atoms with Gasteiger partial charge in [0.1, 0.15) is 12.0 Å². The third kappa shape index (κ3) is 3.03. The molecule has 1 aliphatic rings. The molecule has 0 saturated carbocycles. The van der Waals surface area contributed by atoms with Crippen LogP contribution in [0.5, 0.6) is 0 Å². The zero-order valence-electron chi connectivity index (χ0n) is 10.4.